The minimum absolute atomic E-state index is 0.959. The number of fused-ring (bicyclic) bond motifs is 5. The van der Waals surface area contributed by atoms with Gasteiger partial charge < -0.3 is 0 Å². The van der Waals surface area contributed by atoms with Gasteiger partial charge in [0.1, 0.15) is 0 Å². The molecule has 0 N–H and O–H groups in total. The van der Waals surface area contributed by atoms with Gasteiger partial charge in [-0.25, -0.2) is 0 Å². The number of benzene rings is 6. The summed E-state index contributed by atoms with van der Waals surface area (Å²) < 4.78 is 14.6. The van der Waals surface area contributed by atoms with E-state index < -0.39 is 13.3 Å². The van der Waals surface area contributed by atoms with Crippen LogP contribution < -0.4 is 22.3 Å². The molecule has 7 aromatic rings. The molecule has 0 saturated heterocycles. The molecule has 0 amide bonds. The van der Waals surface area contributed by atoms with Crippen LogP contribution in [0.25, 0.3) is 27.5 Å². The molecule has 0 bridgehead atoms. The molecule has 39 heavy (non-hydrogen) atoms. The molecule has 1 aliphatic rings. The number of ether oxygens (including phenoxy) is 1. The van der Waals surface area contributed by atoms with Gasteiger partial charge in [0.15, 0.2) is 0 Å². The van der Waals surface area contributed by atoms with Gasteiger partial charge in [0.25, 0.3) is 0 Å². The predicted octanol–water partition coefficient (Wildman–Crippen LogP) is 6.27. The Morgan fingerprint density at radius 3 is 1.59 bits per heavy atom. The van der Waals surface area contributed by atoms with E-state index >= 15 is 0 Å². The molecule has 0 atom stereocenters. The molecule has 0 unspecified atom stereocenters. The van der Waals surface area contributed by atoms with Crippen molar-refractivity contribution in [1.82, 2.24) is 4.57 Å². The van der Waals surface area contributed by atoms with Crippen LogP contribution in [-0.2, 0) is 0 Å². The van der Waals surface area contributed by atoms with Crippen molar-refractivity contribution in [3.8, 4) is 17.2 Å². The summed E-state index contributed by atoms with van der Waals surface area (Å²) in [7, 11) is 0. The van der Waals surface area contributed by atoms with Crippen LogP contribution in [0.2, 0.25) is 0 Å². The first kappa shape index (κ1) is 22.4. The maximum absolute atomic E-state index is 6.77. The topological polar surface area (TPSA) is 14.2 Å². The van der Waals surface area contributed by atoms with Crippen molar-refractivity contribution < 1.29 is 4.74 Å². The molecule has 0 fully saturated rings. The van der Waals surface area contributed by atoms with Crippen molar-refractivity contribution in [3.05, 3.63) is 152 Å². The second kappa shape index (κ2) is 8.76. The quantitative estimate of drug-likeness (QED) is 0.233. The van der Waals surface area contributed by atoms with E-state index in [4.69, 9.17) is 4.74 Å². The predicted molar refractivity (Wildman–Crippen MR) is 164 cm³/mol. The van der Waals surface area contributed by atoms with Gasteiger partial charge in [0, 0.05) is 0 Å². The van der Waals surface area contributed by atoms with Crippen LogP contribution >= 0.6 is 0 Å². The van der Waals surface area contributed by atoms with Gasteiger partial charge in [0.05, 0.1) is 0 Å². The minimum atomic E-state index is -3.37. The number of hydrogen-bond donors (Lipinski definition) is 0. The molecule has 2 heterocycles. The van der Waals surface area contributed by atoms with E-state index in [1.54, 1.807) is 0 Å². The molecule has 1 aromatic heterocycles. The zero-order chi connectivity index (χ0) is 25.8. The SMILES string of the molecule is c1cc[c]([Ge]2([c]3ccccc3)[c]3ccccc3Oc3cc(-n4c5ccccc5c5ccccc54)cc[c]32)cc1. The van der Waals surface area contributed by atoms with Crippen LogP contribution in [0, 0.1) is 0 Å². The maximum atomic E-state index is 6.77. The summed E-state index contributed by atoms with van der Waals surface area (Å²) >= 11 is -3.37. The van der Waals surface area contributed by atoms with E-state index in [9.17, 15) is 0 Å². The third kappa shape index (κ3) is 3.22. The number of nitrogens with zero attached hydrogens (tertiary/aromatic N) is 1. The number of para-hydroxylation sites is 3. The number of hydrogen-bond acceptors (Lipinski definition) is 1. The van der Waals surface area contributed by atoms with Gasteiger partial charge in [-0.3, -0.25) is 0 Å². The normalized spacial score (nSPS) is 13.5. The molecular weight excluding hydrogens is 535 g/mol. The Labute approximate surface area is 230 Å². The summed E-state index contributed by atoms with van der Waals surface area (Å²) in [5.41, 5.74) is 3.52. The van der Waals surface area contributed by atoms with E-state index in [2.05, 4.69) is 156 Å². The van der Waals surface area contributed by atoms with Crippen LogP contribution in [0.1, 0.15) is 0 Å². The van der Waals surface area contributed by atoms with Crippen LogP contribution in [0.5, 0.6) is 11.5 Å². The molecule has 0 saturated carbocycles. The standard InChI is InChI=1S/C36H25GeNO/c1-3-13-26(14-4-1)37(27-15-5-2-6-16-27)31-19-9-12-22-35(31)39-36-25-28(23-24-32(36)37)38-33-20-10-7-17-29(33)30-18-8-11-21-34(30)38/h1-25H. The molecule has 8 rings (SSSR count). The van der Waals surface area contributed by atoms with Gasteiger partial charge in [-0.15, -0.1) is 0 Å². The Bertz CT molecular complexity index is 1900. The second-order valence-electron chi connectivity index (χ2n) is 10.1. The van der Waals surface area contributed by atoms with Gasteiger partial charge in [-0.1, -0.05) is 0 Å². The molecule has 0 radical (unpaired) electrons. The van der Waals surface area contributed by atoms with Crippen molar-refractivity contribution in [2.75, 3.05) is 0 Å². The van der Waals surface area contributed by atoms with Crippen molar-refractivity contribution in [1.29, 1.82) is 0 Å². The Morgan fingerprint density at radius 1 is 0.436 bits per heavy atom. The Kier molecular flexibility index (Phi) is 5.04. The Morgan fingerprint density at radius 2 is 0.949 bits per heavy atom. The van der Waals surface area contributed by atoms with Crippen molar-refractivity contribution in [2.24, 2.45) is 0 Å². The monoisotopic (exact) mass is 561 g/mol. The summed E-state index contributed by atoms with van der Waals surface area (Å²) in [5, 5.41) is 2.52. The van der Waals surface area contributed by atoms with Gasteiger partial charge in [0.2, 0.25) is 0 Å². The first-order valence-electron chi connectivity index (χ1n) is 13.4. The third-order valence-corrected chi connectivity index (χ3v) is 18.3. The zero-order valence-electron chi connectivity index (χ0n) is 21.3. The van der Waals surface area contributed by atoms with Crippen LogP contribution in [0.3, 0.4) is 0 Å². The molecule has 6 aromatic carbocycles. The van der Waals surface area contributed by atoms with Crippen molar-refractivity contribution >= 4 is 52.7 Å². The van der Waals surface area contributed by atoms with Crippen LogP contribution in [0.15, 0.2) is 152 Å². The Balaban J connectivity index is 1.46. The summed E-state index contributed by atoms with van der Waals surface area (Å²) in [6.07, 6.45) is 0. The molecule has 1 aliphatic heterocycles. The summed E-state index contributed by atoms with van der Waals surface area (Å²) in [6, 6.07) is 55.1. The van der Waals surface area contributed by atoms with Crippen molar-refractivity contribution in [3.63, 3.8) is 0 Å². The van der Waals surface area contributed by atoms with Gasteiger partial charge in [-0.05, 0) is 0 Å². The van der Waals surface area contributed by atoms with E-state index in [1.807, 2.05) is 0 Å². The average Bonchev–Trinajstić information content (AvgIpc) is 3.35. The van der Waals surface area contributed by atoms with E-state index in [-0.39, 0.29) is 0 Å². The molecular formula is C36H25GeNO. The van der Waals surface area contributed by atoms with Gasteiger partial charge in [-0.2, -0.15) is 0 Å². The van der Waals surface area contributed by atoms with Gasteiger partial charge >= 0.3 is 231 Å². The van der Waals surface area contributed by atoms with E-state index in [0.29, 0.717) is 0 Å². The summed E-state index contributed by atoms with van der Waals surface area (Å²) in [5.74, 6) is 1.93. The van der Waals surface area contributed by atoms with Crippen LogP contribution in [0.4, 0.5) is 0 Å². The number of aromatic nitrogens is 1. The first-order valence-corrected chi connectivity index (χ1v) is 17.6. The fraction of sp³-hybridized carbons (Fsp3) is 0. The second-order valence-corrected chi connectivity index (χ2v) is 18.0. The molecule has 3 heteroatoms. The van der Waals surface area contributed by atoms with Crippen LogP contribution in [-0.4, -0.2) is 17.8 Å². The zero-order valence-corrected chi connectivity index (χ0v) is 23.4. The molecule has 2 nitrogen and oxygen atoms in total. The number of rotatable bonds is 3. The third-order valence-electron chi connectivity index (χ3n) is 8.13. The fourth-order valence-corrected chi connectivity index (χ4v) is 16.9. The Hall–Kier alpha value is -4.54. The molecule has 0 spiro atoms. The molecule has 184 valence electrons. The van der Waals surface area contributed by atoms with Crippen molar-refractivity contribution in [2.45, 2.75) is 0 Å². The average molecular weight is 560 g/mol. The van der Waals surface area contributed by atoms with E-state index in [1.165, 1.54) is 39.4 Å². The fourth-order valence-electron chi connectivity index (χ4n) is 6.54. The molecule has 0 aliphatic carbocycles. The summed E-state index contributed by atoms with van der Waals surface area (Å²) in [6.45, 7) is 0. The first-order chi connectivity index (χ1) is 19.4. The summed E-state index contributed by atoms with van der Waals surface area (Å²) in [4.78, 5) is 0. The van der Waals surface area contributed by atoms with E-state index in [0.717, 1.165) is 17.2 Å².